The predicted molar refractivity (Wildman–Crippen MR) is 85.3 cm³/mol. The monoisotopic (exact) mass is 301 g/mol. The summed E-state index contributed by atoms with van der Waals surface area (Å²) in [5.74, 6) is 3.34. The Balaban J connectivity index is 1.74. The van der Waals surface area contributed by atoms with Gasteiger partial charge in [-0.25, -0.2) is 4.98 Å². The number of nitrogens with zero attached hydrogens (tertiary/aromatic N) is 2. The Bertz CT molecular complexity index is 698. The largest absolute Gasteiger partial charge is 0.369 e. The average Bonchev–Trinajstić information content (AvgIpc) is 2.75. The van der Waals surface area contributed by atoms with Crippen LogP contribution in [0.25, 0.3) is 11.0 Å². The highest BCUT2D eigenvalue weighted by Gasteiger charge is 2.52. The van der Waals surface area contributed by atoms with Crippen molar-refractivity contribution in [3.8, 4) is 0 Å². The first-order valence-corrected chi connectivity index (χ1v) is 8.45. The van der Waals surface area contributed by atoms with Crippen LogP contribution in [0.5, 0.6) is 0 Å². The number of fused-ring (bicyclic) bond motifs is 1. The van der Waals surface area contributed by atoms with E-state index < -0.39 is 0 Å². The molecule has 0 saturated heterocycles. The zero-order valence-electron chi connectivity index (χ0n) is 12.1. The number of nitrogen functional groups attached to an aromatic ring is 1. The second-order valence-corrected chi connectivity index (χ2v) is 7.96. The summed E-state index contributed by atoms with van der Waals surface area (Å²) in [7, 11) is 0. The molecule has 4 aliphatic rings. The lowest BCUT2D eigenvalue weighted by Gasteiger charge is -2.57. The molecule has 2 N–H and O–H groups in total. The third-order valence-corrected chi connectivity index (χ3v) is 6.45. The summed E-state index contributed by atoms with van der Waals surface area (Å²) >= 11 is 6.32. The van der Waals surface area contributed by atoms with E-state index in [9.17, 15) is 0 Å². The van der Waals surface area contributed by atoms with Crippen molar-refractivity contribution in [2.24, 2.45) is 17.8 Å². The molecule has 0 atom stereocenters. The molecule has 110 valence electrons. The third kappa shape index (κ3) is 1.58. The normalized spacial score (nSPS) is 37.5. The van der Waals surface area contributed by atoms with E-state index in [0.717, 1.165) is 28.8 Å². The molecular formula is C17H20ClN3. The minimum Gasteiger partial charge on any atom is -0.369 e. The molecular weight excluding hydrogens is 282 g/mol. The van der Waals surface area contributed by atoms with Crippen molar-refractivity contribution < 1.29 is 0 Å². The van der Waals surface area contributed by atoms with Gasteiger partial charge in [-0.2, -0.15) is 0 Å². The average molecular weight is 302 g/mol. The molecule has 0 amide bonds. The van der Waals surface area contributed by atoms with E-state index in [4.69, 9.17) is 17.3 Å². The van der Waals surface area contributed by atoms with Crippen LogP contribution in [0, 0.1) is 17.8 Å². The zero-order chi connectivity index (χ0) is 14.2. The Morgan fingerprint density at radius 2 is 1.71 bits per heavy atom. The molecule has 0 spiro atoms. The van der Waals surface area contributed by atoms with Crippen molar-refractivity contribution in [1.29, 1.82) is 0 Å². The molecule has 4 saturated carbocycles. The number of imidazole rings is 1. The molecule has 4 bridgehead atoms. The molecule has 2 aromatic rings. The molecule has 1 heterocycles. The molecule has 1 aromatic heterocycles. The van der Waals surface area contributed by atoms with Crippen molar-refractivity contribution >= 4 is 28.6 Å². The van der Waals surface area contributed by atoms with Crippen LogP contribution in [0.4, 0.5) is 5.95 Å². The van der Waals surface area contributed by atoms with Gasteiger partial charge in [-0.3, -0.25) is 0 Å². The van der Waals surface area contributed by atoms with E-state index in [-0.39, 0.29) is 5.54 Å². The third-order valence-electron chi connectivity index (χ3n) is 6.14. The fourth-order valence-electron chi connectivity index (χ4n) is 5.92. The van der Waals surface area contributed by atoms with Gasteiger partial charge >= 0.3 is 0 Å². The highest BCUT2D eigenvalue weighted by atomic mass is 35.5. The van der Waals surface area contributed by atoms with Crippen LogP contribution in [0.3, 0.4) is 0 Å². The summed E-state index contributed by atoms with van der Waals surface area (Å²) in [6.45, 7) is 0. The number of para-hydroxylation sites is 1. The van der Waals surface area contributed by atoms with Gasteiger partial charge in [-0.05, 0) is 68.4 Å². The van der Waals surface area contributed by atoms with Crippen LogP contribution in [0.2, 0.25) is 5.02 Å². The second-order valence-electron chi connectivity index (χ2n) is 7.55. The van der Waals surface area contributed by atoms with Crippen molar-refractivity contribution in [3.63, 3.8) is 0 Å². The van der Waals surface area contributed by atoms with Crippen molar-refractivity contribution in [3.05, 3.63) is 23.2 Å². The maximum absolute atomic E-state index is 6.34. The van der Waals surface area contributed by atoms with Gasteiger partial charge in [0, 0.05) is 5.54 Å². The summed E-state index contributed by atoms with van der Waals surface area (Å²) in [6, 6.07) is 6.05. The Kier molecular flexibility index (Phi) is 2.32. The number of anilines is 1. The van der Waals surface area contributed by atoms with E-state index in [1.165, 1.54) is 38.5 Å². The van der Waals surface area contributed by atoms with Crippen LogP contribution < -0.4 is 5.73 Å². The van der Waals surface area contributed by atoms with Gasteiger partial charge in [0.05, 0.1) is 10.5 Å². The molecule has 1 aromatic carbocycles. The number of hydrogen-bond donors (Lipinski definition) is 1. The highest BCUT2D eigenvalue weighted by Crippen LogP contribution is 2.59. The molecule has 0 unspecified atom stereocenters. The number of rotatable bonds is 1. The molecule has 4 fully saturated rings. The summed E-state index contributed by atoms with van der Waals surface area (Å²) in [5, 5.41) is 0.711. The second kappa shape index (κ2) is 3.95. The number of aromatic nitrogens is 2. The summed E-state index contributed by atoms with van der Waals surface area (Å²) in [4.78, 5) is 4.58. The molecule has 4 aliphatic carbocycles. The van der Waals surface area contributed by atoms with Crippen LogP contribution in [-0.4, -0.2) is 9.55 Å². The van der Waals surface area contributed by atoms with Crippen molar-refractivity contribution in [2.45, 2.75) is 44.1 Å². The topological polar surface area (TPSA) is 43.8 Å². The van der Waals surface area contributed by atoms with E-state index in [1.54, 1.807) is 0 Å². The van der Waals surface area contributed by atoms with Crippen LogP contribution >= 0.6 is 11.6 Å². The van der Waals surface area contributed by atoms with Gasteiger partial charge < -0.3 is 10.3 Å². The van der Waals surface area contributed by atoms with Crippen LogP contribution in [-0.2, 0) is 5.54 Å². The Morgan fingerprint density at radius 3 is 2.33 bits per heavy atom. The summed E-state index contributed by atoms with van der Waals surface area (Å²) in [6.07, 6.45) is 8.15. The smallest absolute Gasteiger partial charge is 0.201 e. The van der Waals surface area contributed by atoms with Gasteiger partial charge in [0.15, 0.2) is 0 Å². The molecule has 3 nitrogen and oxygen atoms in total. The maximum atomic E-state index is 6.34. The highest BCUT2D eigenvalue weighted by molar-refractivity contribution is 6.35. The fourth-order valence-corrected chi connectivity index (χ4v) is 6.13. The van der Waals surface area contributed by atoms with Crippen LogP contribution in [0.15, 0.2) is 18.2 Å². The van der Waals surface area contributed by atoms with E-state index in [1.807, 2.05) is 12.1 Å². The number of hydrogen-bond acceptors (Lipinski definition) is 2. The maximum Gasteiger partial charge on any atom is 0.201 e. The molecule has 4 heteroatoms. The zero-order valence-corrected chi connectivity index (χ0v) is 12.8. The lowest BCUT2D eigenvalue weighted by Crippen LogP contribution is -2.52. The lowest BCUT2D eigenvalue weighted by atomic mass is 9.53. The Hall–Kier alpha value is -1.22. The fraction of sp³-hybridized carbons (Fsp3) is 0.588. The molecule has 21 heavy (non-hydrogen) atoms. The molecule has 0 aliphatic heterocycles. The number of nitrogens with two attached hydrogens (primary N) is 1. The molecule has 0 radical (unpaired) electrons. The quantitative estimate of drug-likeness (QED) is 0.858. The standard InChI is InChI=1S/C17H20ClN3/c18-13-2-1-3-14-15(13)20-16(19)21(14)17-7-10-4-11(8-17)6-12(5-10)9-17/h1-3,10-12H,4-9H2,(H2,19,20). The first-order valence-electron chi connectivity index (χ1n) is 8.07. The van der Waals surface area contributed by atoms with E-state index >= 15 is 0 Å². The Morgan fingerprint density at radius 1 is 1.10 bits per heavy atom. The first-order chi connectivity index (χ1) is 10.1. The molecule has 6 rings (SSSR count). The van der Waals surface area contributed by atoms with Gasteiger partial charge in [-0.15, -0.1) is 0 Å². The van der Waals surface area contributed by atoms with Crippen molar-refractivity contribution in [1.82, 2.24) is 9.55 Å². The van der Waals surface area contributed by atoms with Gasteiger partial charge in [0.1, 0.15) is 5.52 Å². The minimum atomic E-state index is 0.207. The SMILES string of the molecule is Nc1nc2c(Cl)cccc2n1C12CC3CC(CC(C3)C1)C2. The van der Waals surface area contributed by atoms with Gasteiger partial charge in [-0.1, -0.05) is 17.7 Å². The Labute approximate surface area is 129 Å². The van der Waals surface area contributed by atoms with Gasteiger partial charge in [0.2, 0.25) is 5.95 Å². The lowest BCUT2D eigenvalue weighted by molar-refractivity contribution is -0.0398. The summed E-state index contributed by atoms with van der Waals surface area (Å²) in [5.41, 5.74) is 8.54. The predicted octanol–water partition coefficient (Wildman–Crippen LogP) is 4.20. The van der Waals surface area contributed by atoms with Crippen LogP contribution in [0.1, 0.15) is 38.5 Å². The number of halogens is 1. The van der Waals surface area contributed by atoms with E-state index in [0.29, 0.717) is 11.0 Å². The van der Waals surface area contributed by atoms with Gasteiger partial charge in [0.25, 0.3) is 0 Å². The number of benzene rings is 1. The summed E-state index contributed by atoms with van der Waals surface area (Å²) < 4.78 is 2.35. The minimum absolute atomic E-state index is 0.207. The van der Waals surface area contributed by atoms with Crippen molar-refractivity contribution in [2.75, 3.05) is 5.73 Å². The first kappa shape index (κ1) is 12.3. The van der Waals surface area contributed by atoms with E-state index in [2.05, 4.69) is 15.6 Å².